The summed E-state index contributed by atoms with van der Waals surface area (Å²) in [4.78, 5) is 40.6. The zero-order chi connectivity index (χ0) is 23.6. The van der Waals surface area contributed by atoms with Crippen LogP contribution in [0.3, 0.4) is 0 Å². The van der Waals surface area contributed by atoms with Crippen molar-refractivity contribution in [2.24, 2.45) is 0 Å². The standard InChI is InChI=1S/C24H24F3N3O3/c25-24(26,27)16-9-6-10-17(13-16)28-21(31)14-20-22(32)29-18-11-4-5-12-19(18)30(20)23(33)15-7-2-1-3-8-15/h1-3,6-10,13,18-20H,4-5,11-12,14H2,(H,28,31)(H,29,32)/t18-,19-,20+/m0/s1. The number of carbonyl (C=O) groups excluding carboxylic acids is 3. The molecule has 2 fully saturated rings. The third-order valence-electron chi connectivity index (χ3n) is 6.16. The lowest BCUT2D eigenvalue weighted by molar-refractivity contribution is -0.137. The molecule has 0 aromatic heterocycles. The van der Waals surface area contributed by atoms with E-state index < -0.39 is 29.6 Å². The Kier molecular flexibility index (Phi) is 6.40. The molecule has 174 valence electrons. The normalized spacial score (nSPS) is 22.8. The maximum absolute atomic E-state index is 13.4. The van der Waals surface area contributed by atoms with Gasteiger partial charge in [-0.3, -0.25) is 14.4 Å². The van der Waals surface area contributed by atoms with Gasteiger partial charge in [-0.2, -0.15) is 13.2 Å². The number of piperazine rings is 1. The quantitative estimate of drug-likeness (QED) is 0.726. The summed E-state index contributed by atoms with van der Waals surface area (Å²) in [5.41, 5.74) is -0.496. The molecule has 6 nitrogen and oxygen atoms in total. The first-order valence-corrected chi connectivity index (χ1v) is 10.9. The molecule has 3 atom stereocenters. The predicted molar refractivity (Wildman–Crippen MR) is 115 cm³/mol. The second-order valence-electron chi connectivity index (χ2n) is 8.39. The van der Waals surface area contributed by atoms with Crippen molar-refractivity contribution in [3.8, 4) is 0 Å². The summed E-state index contributed by atoms with van der Waals surface area (Å²) < 4.78 is 38.9. The van der Waals surface area contributed by atoms with Crippen molar-refractivity contribution in [1.29, 1.82) is 0 Å². The molecule has 3 amide bonds. The number of alkyl halides is 3. The minimum atomic E-state index is -4.54. The number of nitrogens with zero attached hydrogens (tertiary/aromatic N) is 1. The molecule has 2 N–H and O–H groups in total. The van der Waals surface area contributed by atoms with Crippen LogP contribution >= 0.6 is 0 Å². The minimum Gasteiger partial charge on any atom is -0.349 e. The van der Waals surface area contributed by atoms with E-state index in [1.807, 2.05) is 0 Å². The smallest absolute Gasteiger partial charge is 0.349 e. The number of carbonyl (C=O) groups is 3. The van der Waals surface area contributed by atoms with Gasteiger partial charge in [0.15, 0.2) is 0 Å². The highest BCUT2D eigenvalue weighted by Gasteiger charge is 2.46. The second kappa shape index (κ2) is 9.25. The number of anilines is 1. The highest BCUT2D eigenvalue weighted by atomic mass is 19.4. The van der Waals surface area contributed by atoms with Gasteiger partial charge in [-0.15, -0.1) is 0 Å². The summed E-state index contributed by atoms with van der Waals surface area (Å²) in [5, 5.41) is 5.38. The van der Waals surface area contributed by atoms with Crippen LogP contribution in [0.15, 0.2) is 54.6 Å². The van der Waals surface area contributed by atoms with Gasteiger partial charge in [0.05, 0.1) is 18.0 Å². The molecule has 0 unspecified atom stereocenters. The van der Waals surface area contributed by atoms with Crippen LogP contribution in [0, 0.1) is 0 Å². The van der Waals surface area contributed by atoms with Crippen molar-refractivity contribution in [3.05, 3.63) is 65.7 Å². The van der Waals surface area contributed by atoms with E-state index in [4.69, 9.17) is 0 Å². The summed E-state index contributed by atoms with van der Waals surface area (Å²) in [6.07, 6.45) is -1.61. The van der Waals surface area contributed by atoms with Gasteiger partial charge in [0.1, 0.15) is 6.04 Å². The topological polar surface area (TPSA) is 78.5 Å². The first-order chi connectivity index (χ1) is 15.7. The lowest BCUT2D eigenvalue weighted by Gasteiger charge is -2.48. The molecule has 1 aliphatic heterocycles. The molecule has 0 bridgehead atoms. The van der Waals surface area contributed by atoms with Crippen molar-refractivity contribution in [3.63, 3.8) is 0 Å². The minimum absolute atomic E-state index is 0.0254. The van der Waals surface area contributed by atoms with Crippen molar-refractivity contribution in [1.82, 2.24) is 10.2 Å². The van der Waals surface area contributed by atoms with Crippen LogP contribution in [0.2, 0.25) is 0 Å². The molecule has 2 aromatic carbocycles. The van der Waals surface area contributed by atoms with Gasteiger partial charge < -0.3 is 15.5 Å². The molecule has 33 heavy (non-hydrogen) atoms. The molecule has 1 saturated carbocycles. The van der Waals surface area contributed by atoms with E-state index >= 15 is 0 Å². The highest BCUT2D eigenvalue weighted by molar-refractivity contribution is 6.01. The fourth-order valence-electron chi connectivity index (χ4n) is 4.62. The van der Waals surface area contributed by atoms with E-state index in [1.165, 1.54) is 17.0 Å². The average Bonchev–Trinajstić information content (AvgIpc) is 2.79. The number of benzene rings is 2. The Hall–Kier alpha value is -3.36. The Bertz CT molecular complexity index is 1040. The number of nitrogens with one attached hydrogen (secondary N) is 2. The predicted octanol–water partition coefficient (Wildman–Crippen LogP) is 3.99. The monoisotopic (exact) mass is 459 g/mol. The van der Waals surface area contributed by atoms with Gasteiger partial charge in [0.25, 0.3) is 5.91 Å². The summed E-state index contributed by atoms with van der Waals surface area (Å²) >= 11 is 0. The third kappa shape index (κ3) is 5.02. The number of amides is 3. The van der Waals surface area contributed by atoms with Crippen LogP contribution in [-0.2, 0) is 15.8 Å². The van der Waals surface area contributed by atoms with E-state index in [2.05, 4.69) is 10.6 Å². The zero-order valence-corrected chi connectivity index (χ0v) is 17.8. The molecule has 4 rings (SSSR count). The first-order valence-electron chi connectivity index (χ1n) is 10.9. The van der Waals surface area contributed by atoms with Gasteiger partial charge in [-0.25, -0.2) is 0 Å². The van der Waals surface area contributed by atoms with E-state index in [-0.39, 0.29) is 30.1 Å². The van der Waals surface area contributed by atoms with Crippen molar-refractivity contribution in [2.45, 2.75) is 56.4 Å². The number of hydrogen-bond donors (Lipinski definition) is 2. The van der Waals surface area contributed by atoms with Crippen LogP contribution in [0.5, 0.6) is 0 Å². The Labute approximate surface area is 189 Å². The highest BCUT2D eigenvalue weighted by Crippen LogP contribution is 2.32. The third-order valence-corrected chi connectivity index (χ3v) is 6.16. The summed E-state index contributed by atoms with van der Waals surface area (Å²) in [7, 11) is 0. The number of halogens is 3. The van der Waals surface area contributed by atoms with E-state index in [0.717, 1.165) is 31.4 Å². The largest absolute Gasteiger partial charge is 0.416 e. The molecule has 2 aliphatic rings. The van der Waals surface area contributed by atoms with Crippen molar-refractivity contribution < 1.29 is 27.6 Å². The van der Waals surface area contributed by atoms with Gasteiger partial charge in [-0.1, -0.05) is 37.1 Å². The zero-order valence-electron chi connectivity index (χ0n) is 17.8. The SMILES string of the molecule is O=C(C[C@@H]1C(=O)N[C@H]2CCCC[C@@H]2N1C(=O)c1ccccc1)Nc1cccc(C(F)(F)F)c1. The number of fused-ring (bicyclic) bond motifs is 1. The molecule has 0 radical (unpaired) electrons. The summed E-state index contributed by atoms with van der Waals surface area (Å²) in [5.74, 6) is -1.41. The first kappa shape index (κ1) is 22.8. The Balaban J connectivity index is 1.57. The molecule has 1 heterocycles. The Morgan fingerprint density at radius 3 is 2.48 bits per heavy atom. The van der Waals surface area contributed by atoms with Crippen LogP contribution in [-0.4, -0.2) is 40.7 Å². The fraction of sp³-hybridized carbons (Fsp3) is 0.375. The number of rotatable bonds is 4. The maximum Gasteiger partial charge on any atom is 0.416 e. The number of hydrogen-bond acceptors (Lipinski definition) is 3. The Morgan fingerprint density at radius 2 is 1.76 bits per heavy atom. The lowest BCUT2D eigenvalue weighted by Crippen LogP contribution is -2.68. The Morgan fingerprint density at radius 1 is 1.03 bits per heavy atom. The van der Waals surface area contributed by atoms with Crippen LogP contribution in [0.4, 0.5) is 18.9 Å². The summed E-state index contributed by atoms with van der Waals surface area (Å²) in [6, 6.07) is 11.4. The van der Waals surface area contributed by atoms with Crippen molar-refractivity contribution in [2.75, 3.05) is 5.32 Å². The van der Waals surface area contributed by atoms with Gasteiger partial charge in [0, 0.05) is 17.3 Å². The van der Waals surface area contributed by atoms with Gasteiger partial charge in [0.2, 0.25) is 11.8 Å². The molecule has 2 aromatic rings. The molecule has 1 saturated heterocycles. The molecule has 9 heteroatoms. The second-order valence-corrected chi connectivity index (χ2v) is 8.39. The maximum atomic E-state index is 13.4. The van der Waals surface area contributed by atoms with Crippen molar-refractivity contribution >= 4 is 23.4 Å². The van der Waals surface area contributed by atoms with Crippen LogP contribution in [0.25, 0.3) is 0 Å². The van der Waals surface area contributed by atoms with Gasteiger partial charge in [-0.05, 0) is 43.2 Å². The van der Waals surface area contributed by atoms with E-state index in [9.17, 15) is 27.6 Å². The van der Waals surface area contributed by atoms with Crippen LogP contribution < -0.4 is 10.6 Å². The van der Waals surface area contributed by atoms with Gasteiger partial charge >= 0.3 is 6.18 Å². The average molecular weight is 459 g/mol. The lowest BCUT2D eigenvalue weighted by atomic mass is 9.84. The van der Waals surface area contributed by atoms with E-state index in [0.29, 0.717) is 12.0 Å². The molecular weight excluding hydrogens is 435 g/mol. The fourth-order valence-corrected chi connectivity index (χ4v) is 4.62. The molecule has 0 spiro atoms. The summed E-state index contributed by atoms with van der Waals surface area (Å²) in [6.45, 7) is 0. The van der Waals surface area contributed by atoms with E-state index in [1.54, 1.807) is 30.3 Å². The van der Waals surface area contributed by atoms with Crippen LogP contribution in [0.1, 0.15) is 48.0 Å². The molecular formula is C24H24F3N3O3. The molecule has 1 aliphatic carbocycles.